The molecule has 1 atom stereocenters. The third-order valence-electron chi connectivity index (χ3n) is 3.02. The molecule has 0 fully saturated rings. The maximum absolute atomic E-state index is 13.1. The predicted octanol–water partition coefficient (Wildman–Crippen LogP) is 3.52. The summed E-state index contributed by atoms with van der Waals surface area (Å²) in [6.45, 7) is 1.84. The van der Waals surface area contributed by atoms with Gasteiger partial charge in [0.25, 0.3) is 0 Å². The van der Waals surface area contributed by atoms with Gasteiger partial charge in [-0.1, -0.05) is 18.2 Å². The second kappa shape index (κ2) is 5.27. The Morgan fingerprint density at radius 2 is 1.78 bits per heavy atom. The van der Waals surface area contributed by atoms with E-state index in [2.05, 4.69) is 0 Å². The third-order valence-corrected chi connectivity index (χ3v) is 3.02. The number of aryl methyl sites for hydroxylation is 1. The minimum Gasteiger partial charge on any atom is -0.324 e. The lowest BCUT2D eigenvalue weighted by atomic mass is 9.97. The first-order chi connectivity index (χ1) is 8.56. The molecule has 18 heavy (non-hydrogen) atoms. The highest BCUT2D eigenvalue weighted by Gasteiger charge is 2.10. The predicted molar refractivity (Wildman–Crippen MR) is 68.2 cm³/mol. The Labute approximate surface area is 105 Å². The lowest BCUT2D eigenvalue weighted by molar-refractivity contribution is 0.616. The van der Waals surface area contributed by atoms with E-state index >= 15 is 0 Å². The Balaban J connectivity index is 2.18. The van der Waals surface area contributed by atoms with Gasteiger partial charge in [-0.3, -0.25) is 0 Å². The normalized spacial score (nSPS) is 12.4. The smallest absolute Gasteiger partial charge is 0.123 e. The molecule has 0 saturated carbocycles. The lowest BCUT2D eigenvalue weighted by Gasteiger charge is -2.14. The number of benzene rings is 2. The van der Waals surface area contributed by atoms with Crippen molar-refractivity contribution in [2.45, 2.75) is 19.4 Å². The fraction of sp³-hybridized carbons (Fsp3) is 0.200. The van der Waals surface area contributed by atoms with Gasteiger partial charge in [-0.25, -0.2) is 8.78 Å². The van der Waals surface area contributed by atoms with E-state index in [9.17, 15) is 8.78 Å². The summed E-state index contributed by atoms with van der Waals surface area (Å²) in [5.41, 5.74) is 8.63. The molecular formula is C15H15F2N. The van der Waals surface area contributed by atoms with E-state index in [4.69, 9.17) is 5.73 Å². The van der Waals surface area contributed by atoms with Gasteiger partial charge in [0.2, 0.25) is 0 Å². The molecule has 0 saturated heterocycles. The molecule has 3 heteroatoms. The topological polar surface area (TPSA) is 26.0 Å². The van der Waals surface area contributed by atoms with Gasteiger partial charge in [-0.2, -0.15) is 0 Å². The quantitative estimate of drug-likeness (QED) is 0.882. The maximum atomic E-state index is 13.1. The molecular weight excluding hydrogens is 232 g/mol. The van der Waals surface area contributed by atoms with Gasteiger partial charge in [0.15, 0.2) is 0 Å². The Hall–Kier alpha value is -1.74. The zero-order valence-electron chi connectivity index (χ0n) is 10.2. The standard InChI is InChI=1S/C15H15F2N/c1-10-7-14(17)6-5-11(10)9-15(18)12-3-2-4-13(16)8-12/h2-8,15H,9,18H2,1H3. The minimum absolute atomic E-state index is 0.254. The first-order valence-corrected chi connectivity index (χ1v) is 5.82. The van der Waals surface area contributed by atoms with Crippen molar-refractivity contribution in [1.29, 1.82) is 0 Å². The molecule has 0 radical (unpaired) electrons. The van der Waals surface area contributed by atoms with Crippen molar-refractivity contribution in [3.63, 3.8) is 0 Å². The zero-order valence-corrected chi connectivity index (χ0v) is 10.2. The molecule has 0 aliphatic carbocycles. The van der Waals surface area contributed by atoms with Crippen LogP contribution in [0.4, 0.5) is 8.78 Å². The van der Waals surface area contributed by atoms with Crippen molar-refractivity contribution in [1.82, 2.24) is 0 Å². The number of nitrogens with two attached hydrogens (primary N) is 1. The van der Waals surface area contributed by atoms with Crippen LogP contribution in [0.2, 0.25) is 0 Å². The van der Waals surface area contributed by atoms with E-state index in [1.54, 1.807) is 18.2 Å². The van der Waals surface area contributed by atoms with Gasteiger partial charge in [0, 0.05) is 6.04 Å². The summed E-state index contributed by atoms with van der Waals surface area (Å²) in [7, 11) is 0. The Morgan fingerprint density at radius 3 is 2.44 bits per heavy atom. The highest BCUT2D eigenvalue weighted by atomic mass is 19.1. The molecule has 2 aromatic carbocycles. The summed E-state index contributed by atoms with van der Waals surface area (Å²) < 4.78 is 26.1. The number of hydrogen-bond acceptors (Lipinski definition) is 1. The van der Waals surface area contributed by atoms with E-state index in [0.29, 0.717) is 6.42 Å². The van der Waals surface area contributed by atoms with Crippen molar-refractivity contribution < 1.29 is 8.78 Å². The summed E-state index contributed by atoms with van der Waals surface area (Å²) >= 11 is 0. The molecule has 0 aromatic heterocycles. The molecule has 0 spiro atoms. The Morgan fingerprint density at radius 1 is 1.06 bits per heavy atom. The molecule has 0 amide bonds. The molecule has 94 valence electrons. The highest BCUT2D eigenvalue weighted by Crippen LogP contribution is 2.19. The summed E-state index contributed by atoms with van der Waals surface area (Å²) in [6.07, 6.45) is 0.565. The highest BCUT2D eigenvalue weighted by molar-refractivity contribution is 5.29. The van der Waals surface area contributed by atoms with Crippen LogP contribution in [-0.2, 0) is 6.42 Å². The van der Waals surface area contributed by atoms with Gasteiger partial charge in [-0.05, 0) is 54.3 Å². The van der Waals surface area contributed by atoms with Crippen LogP contribution in [-0.4, -0.2) is 0 Å². The first kappa shape index (κ1) is 12.7. The van der Waals surface area contributed by atoms with Crippen molar-refractivity contribution in [3.8, 4) is 0 Å². The third kappa shape index (κ3) is 2.93. The average Bonchev–Trinajstić information content (AvgIpc) is 2.32. The molecule has 2 rings (SSSR count). The zero-order chi connectivity index (χ0) is 13.1. The van der Waals surface area contributed by atoms with Crippen LogP contribution < -0.4 is 5.73 Å². The van der Waals surface area contributed by atoms with Crippen molar-refractivity contribution in [2.24, 2.45) is 5.73 Å². The summed E-state index contributed by atoms with van der Waals surface area (Å²) in [6, 6.07) is 10.6. The number of hydrogen-bond donors (Lipinski definition) is 1. The Bertz CT molecular complexity index is 552. The summed E-state index contributed by atoms with van der Waals surface area (Å²) in [5.74, 6) is -0.547. The van der Waals surface area contributed by atoms with Gasteiger partial charge in [-0.15, -0.1) is 0 Å². The van der Waals surface area contributed by atoms with Gasteiger partial charge in [0.1, 0.15) is 11.6 Å². The van der Waals surface area contributed by atoms with E-state index in [0.717, 1.165) is 16.7 Å². The van der Waals surface area contributed by atoms with E-state index in [1.807, 2.05) is 6.92 Å². The second-order valence-corrected chi connectivity index (χ2v) is 4.44. The first-order valence-electron chi connectivity index (χ1n) is 5.82. The molecule has 2 aromatic rings. The molecule has 1 nitrogen and oxygen atoms in total. The number of halogens is 2. The van der Waals surface area contributed by atoms with E-state index < -0.39 is 0 Å². The van der Waals surface area contributed by atoms with Crippen LogP contribution >= 0.6 is 0 Å². The van der Waals surface area contributed by atoms with Crippen molar-refractivity contribution >= 4 is 0 Å². The van der Waals surface area contributed by atoms with Crippen LogP contribution in [0, 0.1) is 18.6 Å². The molecule has 0 heterocycles. The second-order valence-electron chi connectivity index (χ2n) is 4.44. The fourth-order valence-corrected chi connectivity index (χ4v) is 1.98. The van der Waals surface area contributed by atoms with Gasteiger partial charge >= 0.3 is 0 Å². The summed E-state index contributed by atoms with van der Waals surface area (Å²) in [4.78, 5) is 0. The van der Waals surface area contributed by atoms with Crippen LogP contribution in [0.15, 0.2) is 42.5 Å². The van der Waals surface area contributed by atoms with Crippen LogP contribution in [0.1, 0.15) is 22.7 Å². The Kier molecular flexibility index (Phi) is 3.72. The fourth-order valence-electron chi connectivity index (χ4n) is 1.98. The molecule has 1 unspecified atom stereocenters. The van der Waals surface area contributed by atoms with Crippen LogP contribution in [0.3, 0.4) is 0 Å². The lowest BCUT2D eigenvalue weighted by Crippen LogP contribution is -2.14. The monoisotopic (exact) mass is 247 g/mol. The SMILES string of the molecule is Cc1cc(F)ccc1CC(N)c1cccc(F)c1. The van der Waals surface area contributed by atoms with Crippen LogP contribution in [0.25, 0.3) is 0 Å². The van der Waals surface area contributed by atoms with Crippen molar-refractivity contribution in [3.05, 3.63) is 70.8 Å². The maximum Gasteiger partial charge on any atom is 0.123 e. The van der Waals surface area contributed by atoms with Gasteiger partial charge < -0.3 is 5.73 Å². The molecule has 0 bridgehead atoms. The largest absolute Gasteiger partial charge is 0.324 e. The van der Waals surface area contributed by atoms with Gasteiger partial charge in [0.05, 0.1) is 0 Å². The average molecular weight is 247 g/mol. The van der Waals surface area contributed by atoms with Crippen LogP contribution in [0.5, 0.6) is 0 Å². The summed E-state index contributed by atoms with van der Waals surface area (Å²) in [5, 5.41) is 0. The molecule has 0 aliphatic rings. The van der Waals surface area contributed by atoms with E-state index in [1.165, 1.54) is 24.3 Å². The minimum atomic E-state index is -0.293. The van der Waals surface area contributed by atoms with Crippen molar-refractivity contribution in [2.75, 3.05) is 0 Å². The molecule has 2 N–H and O–H groups in total. The van der Waals surface area contributed by atoms with E-state index in [-0.39, 0.29) is 17.7 Å². The molecule has 0 aliphatic heterocycles. The number of rotatable bonds is 3.